The van der Waals surface area contributed by atoms with Crippen LogP contribution in [-0.2, 0) is 4.79 Å². The van der Waals surface area contributed by atoms with Crippen molar-refractivity contribution in [2.75, 3.05) is 11.1 Å². The molecule has 1 aromatic heterocycles. The fourth-order valence-corrected chi connectivity index (χ4v) is 4.09. The van der Waals surface area contributed by atoms with Crippen LogP contribution >= 0.6 is 11.8 Å². The molecule has 0 bridgehead atoms. The van der Waals surface area contributed by atoms with Gasteiger partial charge in [-0.25, -0.2) is 4.39 Å². The summed E-state index contributed by atoms with van der Waals surface area (Å²) in [6.45, 7) is 10.1. The van der Waals surface area contributed by atoms with Gasteiger partial charge in [-0.3, -0.25) is 4.79 Å². The van der Waals surface area contributed by atoms with E-state index in [4.69, 9.17) is 4.74 Å². The number of para-hydroxylation sites is 1. The van der Waals surface area contributed by atoms with E-state index in [2.05, 4.69) is 29.4 Å². The molecule has 170 valence electrons. The van der Waals surface area contributed by atoms with Gasteiger partial charge in [0.15, 0.2) is 28.7 Å². The van der Waals surface area contributed by atoms with Gasteiger partial charge in [0.1, 0.15) is 0 Å². The maximum atomic E-state index is 14.0. The van der Waals surface area contributed by atoms with Crippen LogP contribution in [0.4, 0.5) is 10.1 Å². The zero-order valence-electron chi connectivity index (χ0n) is 19.0. The Balaban J connectivity index is 1.66. The molecule has 0 aliphatic heterocycles. The second kappa shape index (κ2) is 10.6. The number of hydrogen-bond donors (Lipinski definition) is 1. The van der Waals surface area contributed by atoms with Gasteiger partial charge >= 0.3 is 0 Å². The molecule has 0 spiro atoms. The van der Waals surface area contributed by atoms with Gasteiger partial charge in [-0.15, -0.1) is 10.2 Å². The number of ether oxygens (including phenoxy) is 1. The molecule has 0 radical (unpaired) electrons. The van der Waals surface area contributed by atoms with Crippen LogP contribution in [0.5, 0.6) is 5.75 Å². The first-order valence-electron chi connectivity index (χ1n) is 10.6. The first-order valence-corrected chi connectivity index (χ1v) is 11.6. The van der Waals surface area contributed by atoms with Gasteiger partial charge in [0.25, 0.3) is 0 Å². The van der Waals surface area contributed by atoms with E-state index >= 15 is 0 Å². The number of thioether (sulfide) groups is 1. The molecule has 2 aromatic carbocycles. The topological polar surface area (TPSA) is 69.0 Å². The Labute approximate surface area is 192 Å². The zero-order chi connectivity index (χ0) is 23.3. The molecule has 32 heavy (non-hydrogen) atoms. The number of aromatic nitrogens is 3. The lowest BCUT2D eigenvalue weighted by atomic mass is 10.0. The second-order valence-corrected chi connectivity index (χ2v) is 9.05. The number of nitrogens with zero attached hydrogens (tertiary/aromatic N) is 3. The summed E-state index contributed by atoms with van der Waals surface area (Å²) in [4.78, 5) is 12.4. The van der Waals surface area contributed by atoms with Crippen LogP contribution in [0.25, 0.3) is 0 Å². The third-order valence-corrected chi connectivity index (χ3v) is 5.85. The molecule has 0 saturated carbocycles. The number of rotatable bonds is 9. The van der Waals surface area contributed by atoms with E-state index in [0.29, 0.717) is 16.9 Å². The molecular weight excluding hydrogens is 427 g/mol. The van der Waals surface area contributed by atoms with Crippen molar-refractivity contribution in [1.82, 2.24) is 14.8 Å². The molecule has 0 fully saturated rings. The van der Waals surface area contributed by atoms with Crippen LogP contribution in [0.3, 0.4) is 0 Å². The summed E-state index contributed by atoms with van der Waals surface area (Å²) in [5.74, 6) is 0.826. The Morgan fingerprint density at radius 3 is 2.38 bits per heavy atom. The first kappa shape index (κ1) is 23.8. The quantitative estimate of drug-likeness (QED) is 0.400. The number of carbonyl (C=O) groups is 1. The predicted octanol–water partition coefficient (Wildman–Crippen LogP) is 5.99. The van der Waals surface area contributed by atoms with E-state index in [-0.39, 0.29) is 23.5 Å². The minimum absolute atomic E-state index is 0.0424. The highest BCUT2D eigenvalue weighted by atomic mass is 32.2. The maximum Gasteiger partial charge on any atom is 0.234 e. The smallest absolute Gasteiger partial charge is 0.234 e. The molecule has 3 rings (SSSR count). The molecule has 0 aliphatic rings. The molecular formula is C24H29FN4O2S. The summed E-state index contributed by atoms with van der Waals surface area (Å²) in [7, 11) is 0. The van der Waals surface area contributed by atoms with E-state index in [1.54, 1.807) is 25.1 Å². The molecule has 8 heteroatoms. The number of hydrogen-bond acceptors (Lipinski definition) is 5. The van der Waals surface area contributed by atoms with E-state index in [0.717, 1.165) is 5.69 Å². The van der Waals surface area contributed by atoms with Gasteiger partial charge in [0.05, 0.1) is 5.75 Å². The lowest BCUT2D eigenvalue weighted by Crippen LogP contribution is -2.16. The molecule has 0 aliphatic carbocycles. The minimum atomic E-state index is -0.510. The van der Waals surface area contributed by atoms with Crippen LogP contribution in [0.1, 0.15) is 64.1 Å². The highest BCUT2D eigenvalue weighted by Crippen LogP contribution is 2.28. The summed E-state index contributed by atoms with van der Waals surface area (Å²) >= 11 is 1.31. The molecule has 1 heterocycles. The van der Waals surface area contributed by atoms with Crippen molar-refractivity contribution in [1.29, 1.82) is 0 Å². The summed E-state index contributed by atoms with van der Waals surface area (Å²) < 4.78 is 21.7. The maximum absolute atomic E-state index is 14.0. The highest BCUT2D eigenvalue weighted by molar-refractivity contribution is 7.99. The minimum Gasteiger partial charge on any atom is -0.480 e. The van der Waals surface area contributed by atoms with Crippen molar-refractivity contribution in [3.05, 3.63) is 65.7 Å². The van der Waals surface area contributed by atoms with Crippen molar-refractivity contribution in [2.45, 2.75) is 57.8 Å². The van der Waals surface area contributed by atoms with Crippen molar-refractivity contribution < 1.29 is 13.9 Å². The average molecular weight is 457 g/mol. The monoisotopic (exact) mass is 456 g/mol. The SMILES string of the molecule is CC(C)c1ccc(NC(=O)CSc2nnc(C(C)Oc3ccccc3F)n2C(C)C)cc1. The van der Waals surface area contributed by atoms with Gasteiger partial charge in [-0.05, 0) is 56.5 Å². The van der Waals surface area contributed by atoms with E-state index in [1.807, 2.05) is 42.7 Å². The average Bonchev–Trinajstić information content (AvgIpc) is 3.19. The van der Waals surface area contributed by atoms with Gasteiger partial charge in [-0.2, -0.15) is 0 Å². The zero-order valence-corrected chi connectivity index (χ0v) is 19.8. The van der Waals surface area contributed by atoms with Gasteiger partial charge in [0, 0.05) is 11.7 Å². The van der Waals surface area contributed by atoms with E-state index in [1.165, 1.54) is 23.4 Å². The van der Waals surface area contributed by atoms with E-state index in [9.17, 15) is 9.18 Å². The Morgan fingerprint density at radius 1 is 1.06 bits per heavy atom. The number of amides is 1. The number of carbonyl (C=O) groups excluding carboxylic acids is 1. The molecule has 6 nitrogen and oxygen atoms in total. The summed E-state index contributed by atoms with van der Waals surface area (Å²) in [5, 5.41) is 12.0. The first-order chi connectivity index (χ1) is 15.3. The Kier molecular flexibility index (Phi) is 7.90. The Morgan fingerprint density at radius 2 is 1.75 bits per heavy atom. The largest absolute Gasteiger partial charge is 0.480 e. The van der Waals surface area contributed by atoms with E-state index < -0.39 is 11.9 Å². The molecule has 1 amide bonds. The van der Waals surface area contributed by atoms with Crippen molar-refractivity contribution in [3.63, 3.8) is 0 Å². The van der Waals surface area contributed by atoms with Crippen molar-refractivity contribution in [2.24, 2.45) is 0 Å². The van der Waals surface area contributed by atoms with Crippen LogP contribution in [0.15, 0.2) is 53.7 Å². The fraction of sp³-hybridized carbons (Fsp3) is 0.375. The molecule has 1 N–H and O–H groups in total. The van der Waals surface area contributed by atoms with Gasteiger partial charge < -0.3 is 14.6 Å². The van der Waals surface area contributed by atoms with Crippen molar-refractivity contribution in [3.8, 4) is 5.75 Å². The predicted molar refractivity (Wildman–Crippen MR) is 126 cm³/mol. The number of nitrogens with one attached hydrogen (secondary N) is 1. The van der Waals surface area contributed by atoms with Crippen LogP contribution in [0, 0.1) is 5.82 Å². The molecule has 1 unspecified atom stereocenters. The van der Waals surface area contributed by atoms with Crippen LogP contribution in [0.2, 0.25) is 0 Å². The highest BCUT2D eigenvalue weighted by Gasteiger charge is 2.22. The lowest BCUT2D eigenvalue weighted by molar-refractivity contribution is -0.113. The van der Waals surface area contributed by atoms with Gasteiger partial charge in [-0.1, -0.05) is 49.9 Å². The molecule has 1 atom stereocenters. The fourth-order valence-electron chi connectivity index (χ4n) is 3.21. The number of halogens is 1. The standard InChI is InChI=1S/C24H29FN4O2S/c1-15(2)18-10-12-19(13-11-18)26-22(30)14-32-24-28-27-23(29(24)16(3)4)17(5)31-21-9-7-6-8-20(21)25/h6-13,15-17H,14H2,1-5H3,(H,26,30). The number of anilines is 1. The van der Waals surface area contributed by atoms with Crippen LogP contribution in [-0.4, -0.2) is 26.4 Å². The Bertz CT molecular complexity index is 1050. The summed E-state index contributed by atoms with van der Waals surface area (Å²) in [5.41, 5.74) is 1.99. The second-order valence-electron chi connectivity index (χ2n) is 8.11. The summed E-state index contributed by atoms with van der Waals surface area (Å²) in [6, 6.07) is 14.2. The summed E-state index contributed by atoms with van der Waals surface area (Å²) in [6.07, 6.45) is -0.510. The van der Waals surface area contributed by atoms with Crippen LogP contribution < -0.4 is 10.1 Å². The lowest BCUT2D eigenvalue weighted by Gasteiger charge is -2.19. The number of benzene rings is 2. The normalized spacial score (nSPS) is 12.2. The molecule has 0 saturated heterocycles. The third-order valence-electron chi connectivity index (χ3n) is 4.90. The van der Waals surface area contributed by atoms with Crippen molar-refractivity contribution >= 4 is 23.4 Å². The Hall–Kier alpha value is -2.87. The molecule has 3 aromatic rings. The van der Waals surface area contributed by atoms with Gasteiger partial charge in [0.2, 0.25) is 5.91 Å². The third kappa shape index (κ3) is 5.88.